The SMILES string of the molecule is ClC1=C(Cl)C(Cl)(Cc2ccccc2)C(Cl)=C1Cl. The Morgan fingerprint density at radius 1 is 0.824 bits per heavy atom. The van der Waals surface area contributed by atoms with Gasteiger partial charge in [0.25, 0.3) is 0 Å². The second-order valence-electron chi connectivity index (χ2n) is 3.72. The lowest BCUT2D eigenvalue weighted by molar-refractivity contribution is 0.830. The van der Waals surface area contributed by atoms with Crippen LogP contribution in [-0.2, 0) is 6.42 Å². The van der Waals surface area contributed by atoms with Crippen molar-refractivity contribution in [3.8, 4) is 0 Å². The van der Waals surface area contributed by atoms with Crippen molar-refractivity contribution in [2.45, 2.75) is 11.3 Å². The molecule has 0 radical (unpaired) electrons. The quantitative estimate of drug-likeness (QED) is 0.620. The molecule has 0 saturated heterocycles. The van der Waals surface area contributed by atoms with E-state index in [9.17, 15) is 0 Å². The van der Waals surface area contributed by atoms with E-state index < -0.39 is 4.87 Å². The van der Waals surface area contributed by atoms with Crippen molar-refractivity contribution in [2.75, 3.05) is 0 Å². The molecule has 0 aromatic heterocycles. The molecule has 0 spiro atoms. The van der Waals surface area contributed by atoms with Crippen LogP contribution in [0.5, 0.6) is 0 Å². The number of halogens is 5. The maximum absolute atomic E-state index is 6.45. The average molecular weight is 328 g/mol. The third kappa shape index (κ3) is 2.34. The standard InChI is InChI=1S/C12H7Cl5/c13-8-9(14)11(16)12(17,10(8)15)6-7-4-2-1-3-5-7/h1-5H,6H2. The third-order valence-electron chi connectivity index (χ3n) is 2.56. The van der Waals surface area contributed by atoms with Gasteiger partial charge in [-0.15, -0.1) is 11.6 Å². The lowest BCUT2D eigenvalue weighted by Crippen LogP contribution is -2.23. The highest BCUT2D eigenvalue weighted by molar-refractivity contribution is 6.58. The zero-order valence-electron chi connectivity index (χ0n) is 8.48. The van der Waals surface area contributed by atoms with Crippen molar-refractivity contribution in [3.05, 3.63) is 56.0 Å². The van der Waals surface area contributed by atoms with E-state index in [-0.39, 0.29) is 20.1 Å². The highest BCUT2D eigenvalue weighted by Crippen LogP contribution is 2.52. The Balaban J connectivity index is 2.39. The molecule has 0 unspecified atom stereocenters. The summed E-state index contributed by atoms with van der Waals surface area (Å²) in [6.45, 7) is 0. The molecule has 0 nitrogen and oxygen atoms in total. The second-order valence-corrected chi connectivity index (χ2v) is 5.88. The van der Waals surface area contributed by atoms with Gasteiger partial charge in [-0.2, -0.15) is 0 Å². The van der Waals surface area contributed by atoms with E-state index in [4.69, 9.17) is 58.0 Å². The topological polar surface area (TPSA) is 0 Å². The van der Waals surface area contributed by atoms with Gasteiger partial charge < -0.3 is 0 Å². The summed E-state index contributed by atoms with van der Waals surface area (Å²) < 4.78 is 0. The predicted octanol–water partition coefficient (Wildman–Crippen LogP) is 5.60. The average Bonchev–Trinajstić information content (AvgIpc) is 2.47. The van der Waals surface area contributed by atoms with Gasteiger partial charge in [-0.3, -0.25) is 0 Å². The summed E-state index contributed by atoms with van der Waals surface area (Å²) in [5.41, 5.74) is 1.01. The molecule has 1 aromatic rings. The van der Waals surface area contributed by atoms with E-state index in [1.807, 2.05) is 30.3 Å². The highest BCUT2D eigenvalue weighted by atomic mass is 35.5. The Labute approximate surface area is 125 Å². The first kappa shape index (κ1) is 13.6. The van der Waals surface area contributed by atoms with Gasteiger partial charge in [0.1, 0.15) is 4.87 Å². The van der Waals surface area contributed by atoms with E-state index in [0.717, 1.165) is 5.56 Å². The van der Waals surface area contributed by atoms with Crippen molar-refractivity contribution in [1.29, 1.82) is 0 Å². The Hall–Kier alpha value is 0.150. The molecule has 1 aliphatic rings. The lowest BCUT2D eigenvalue weighted by atomic mass is 9.99. The van der Waals surface area contributed by atoms with Gasteiger partial charge in [0.15, 0.2) is 0 Å². The summed E-state index contributed by atoms with van der Waals surface area (Å²) in [6, 6.07) is 9.65. The molecule has 5 heteroatoms. The molecular formula is C12H7Cl5. The minimum Gasteiger partial charge on any atom is -0.106 e. The smallest absolute Gasteiger partial charge is 0.106 e. The van der Waals surface area contributed by atoms with Crippen molar-refractivity contribution >= 4 is 58.0 Å². The lowest BCUT2D eigenvalue weighted by Gasteiger charge is -2.22. The monoisotopic (exact) mass is 326 g/mol. The van der Waals surface area contributed by atoms with Crippen LogP contribution in [0.25, 0.3) is 0 Å². The fourth-order valence-corrected chi connectivity index (χ4v) is 3.28. The number of hydrogen-bond donors (Lipinski definition) is 0. The molecule has 0 N–H and O–H groups in total. The molecule has 0 aliphatic heterocycles. The van der Waals surface area contributed by atoms with Gasteiger partial charge in [0, 0.05) is 6.42 Å². The normalized spacial score (nSPS) is 19.1. The van der Waals surface area contributed by atoms with Crippen LogP contribution in [-0.4, -0.2) is 4.87 Å². The summed E-state index contributed by atoms with van der Waals surface area (Å²) >= 11 is 30.6. The Bertz CT molecular complexity index is 477. The summed E-state index contributed by atoms with van der Waals surface area (Å²) in [6.07, 6.45) is 0.444. The van der Waals surface area contributed by atoms with Gasteiger partial charge in [0.05, 0.1) is 20.1 Å². The summed E-state index contributed by atoms with van der Waals surface area (Å²) in [7, 11) is 0. The summed E-state index contributed by atoms with van der Waals surface area (Å²) in [5, 5.41) is 1.01. The molecule has 0 bridgehead atoms. The van der Waals surface area contributed by atoms with E-state index in [0.29, 0.717) is 6.42 Å². The largest absolute Gasteiger partial charge is 0.122 e. The van der Waals surface area contributed by atoms with E-state index in [2.05, 4.69) is 0 Å². The van der Waals surface area contributed by atoms with Gasteiger partial charge >= 0.3 is 0 Å². The number of rotatable bonds is 2. The molecule has 0 amide bonds. The zero-order valence-corrected chi connectivity index (χ0v) is 12.3. The van der Waals surface area contributed by atoms with Gasteiger partial charge in [-0.25, -0.2) is 0 Å². The minimum absolute atomic E-state index is 0.226. The van der Waals surface area contributed by atoms with E-state index in [1.165, 1.54) is 0 Å². The molecule has 90 valence electrons. The molecule has 0 atom stereocenters. The molecule has 2 rings (SSSR count). The zero-order chi connectivity index (χ0) is 12.6. The Morgan fingerprint density at radius 2 is 1.29 bits per heavy atom. The Kier molecular flexibility index (Phi) is 4.02. The van der Waals surface area contributed by atoms with Gasteiger partial charge in [-0.1, -0.05) is 76.7 Å². The van der Waals surface area contributed by atoms with Gasteiger partial charge in [-0.05, 0) is 5.56 Å². The van der Waals surface area contributed by atoms with E-state index in [1.54, 1.807) is 0 Å². The highest BCUT2D eigenvalue weighted by Gasteiger charge is 2.44. The van der Waals surface area contributed by atoms with Gasteiger partial charge in [0.2, 0.25) is 0 Å². The maximum Gasteiger partial charge on any atom is 0.122 e. The molecule has 0 fully saturated rings. The van der Waals surface area contributed by atoms with Crippen molar-refractivity contribution in [1.82, 2.24) is 0 Å². The van der Waals surface area contributed by atoms with Crippen LogP contribution in [0.2, 0.25) is 0 Å². The first-order chi connectivity index (χ1) is 7.97. The van der Waals surface area contributed by atoms with Crippen molar-refractivity contribution in [3.63, 3.8) is 0 Å². The van der Waals surface area contributed by atoms with Crippen LogP contribution in [0.3, 0.4) is 0 Å². The molecule has 1 aliphatic carbocycles. The molecule has 0 saturated carbocycles. The van der Waals surface area contributed by atoms with Crippen LogP contribution in [0, 0.1) is 0 Å². The van der Waals surface area contributed by atoms with Crippen LogP contribution < -0.4 is 0 Å². The molecule has 17 heavy (non-hydrogen) atoms. The Morgan fingerprint density at radius 3 is 1.76 bits per heavy atom. The van der Waals surface area contributed by atoms with Crippen LogP contribution in [0.15, 0.2) is 50.5 Å². The fraction of sp³-hybridized carbons (Fsp3) is 0.167. The minimum atomic E-state index is -1.04. The third-order valence-corrected chi connectivity index (χ3v) is 5.34. The maximum atomic E-state index is 6.45. The van der Waals surface area contributed by atoms with Crippen LogP contribution in [0.1, 0.15) is 5.56 Å². The summed E-state index contributed by atoms with van der Waals surface area (Å²) in [4.78, 5) is -1.04. The number of hydrogen-bond acceptors (Lipinski definition) is 0. The van der Waals surface area contributed by atoms with Crippen molar-refractivity contribution in [2.24, 2.45) is 0 Å². The molecule has 1 aromatic carbocycles. The molecule has 0 heterocycles. The molecular weight excluding hydrogens is 321 g/mol. The van der Waals surface area contributed by atoms with E-state index >= 15 is 0 Å². The number of benzene rings is 1. The number of allylic oxidation sites excluding steroid dienone is 4. The number of alkyl halides is 1. The predicted molar refractivity (Wildman–Crippen MR) is 76.2 cm³/mol. The van der Waals surface area contributed by atoms with Crippen molar-refractivity contribution < 1.29 is 0 Å². The summed E-state index contributed by atoms with van der Waals surface area (Å²) in [5.74, 6) is 0. The second kappa shape index (κ2) is 5.03. The van der Waals surface area contributed by atoms with Crippen LogP contribution >= 0.6 is 58.0 Å². The first-order valence-corrected chi connectivity index (χ1v) is 6.70. The fourth-order valence-electron chi connectivity index (χ4n) is 1.67. The van der Waals surface area contributed by atoms with Crippen LogP contribution in [0.4, 0.5) is 0 Å². The first-order valence-electron chi connectivity index (χ1n) is 4.81.